The average Bonchev–Trinajstić information content (AvgIpc) is 3.20. The number of ether oxygens (including phenoxy) is 2. The van der Waals surface area contributed by atoms with E-state index in [0.717, 1.165) is 4.31 Å². The summed E-state index contributed by atoms with van der Waals surface area (Å²) in [5, 5.41) is 3.66. The first-order chi connectivity index (χ1) is 12.8. The Kier molecular flexibility index (Phi) is 5.20. The fraction of sp³-hybridized carbons (Fsp3) is 0.412. The van der Waals surface area contributed by atoms with Crippen molar-refractivity contribution in [2.45, 2.75) is 37.3 Å². The van der Waals surface area contributed by atoms with Crippen molar-refractivity contribution >= 4 is 16.0 Å². The normalized spacial score (nSPS) is 20.6. The highest BCUT2D eigenvalue weighted by atomic mass is 32.2. The molecule has 0 N–H and O–H groups in total. The molecule has 3 rings (SSSR count). The van der Waals surface area contributed by atoms with E-state index in [2.05, 4.69) is 5.16 Å². The highest BCUT2D eigenvalue weighted by Crippen LogP contribution is 2.32. The number of methoxy groups -OCH3 is 1. The molecule has 0 unspecified atom stereocenters. The second-order valence-corrected chi connectivity index (χ2v) is 8.00. The second kappa shape index (κ2) is 7.28. The molecular weight excluding hydrogens is 379 g/mol. The fourth-order valence-electron chi connectivity index (χ4n) is 3.15. The van der Waals surface area contributed by atoms with Gasteiger partial charge in [0.1, 0.15) is 22.7 Å². The molecule has 27 heavy (non-hydrogen) atoms. The monoisotopic (exact) mass is 398 g/mol. The summed E-state index contributed by atoms with van der Waals surface area (Å²) in [5.41, 5.74) is 0.189. The summed E-state index contributed by atoms with van der Waals surface area (Å²) in [6.07, 6.45) is -0.690. The van der Waals surface area contributed by atoms with Crippen molar-refractivity contribution in [3.8, 4) is 5.75 Å². The van der Waals surface area contributed by atoms with Crippen molar-refractivity contribution < 1.29 is 31.6 Å². The van der Waals surface area contributed by atoms with Gasteiger partial charge in [0.05, 0.1) is 13.7 Å². The zero-order valence-corrected chi connectivity index (χ0v) is 15.8. The van der Waals surface area contributed by atoms with Crippen LogP contribution < -0.4 is 4.74 Å². The summed E-state index contributed by atoms with van der Waals surface area (Å²) < 4.78 is 56.4. The predicted molar refractivity (Wildman–Crippen MR) is 91.1 cm³/mol. The van der Waals surface area contributed by atoms with Crippen molar-refractivity contribution in [3.05, 3.63) is 41.5 Å². The lowest BCUT2D eigenvalue weighted by atomic mass is 10.2. The highest BCUT2D eigenvalue weighted by Gasteiger charge is 2.47. The van der Waals surface area contributed by atoms with Crippen molar-refractivity contribution in [2.75, 3.05) is 13.7 Å². The van der Waals surface area contributed by atoms with E-state index in [9.17, 15) is 17.6 Å². The standard InChI is InChI=1S/C17H19FN2O6S/c1-10-16(11(2)26-19-10)27(22,23)20-9-12(8-14(20)17(21)24-3)25-15-7-5-4-6-13(15)18/h4-7,12,14H,8-9H2,1-3H3/t12-,14+/m0/s1. The number of esters is 1. The molecule has 0 saturated carbocycles. The van der Waals surface area contributed by atoms with Crippen molar-refractivity contribution in [2.24, 2.45) is 0 Å². The number of hydrogen-bond donors (Lipinski definition) is 0. The molecule has 0 aliphatic carbocycles. The molecule has 1 aromatic carbocycles. The van der Waals surface area contributed by atoms with Gasteiger partial charge in [-0.15, -0.1) is 0 Å². The number of carbonyl (C=O) groups excluding carboxylic acids is 1. The predicted octanol–water partition coefficient (Wildman–Crippen LogP) is 1.81. The summed E-state index contributed by atoms with van der Waals surface area (Å²) >= 11 is 0. The van der Waals surface area contributed by atoms with Gasteiger partial charge in [-0.2, -0.15) is 4.31 Å². The molecule has 0 radical (unpaired) electrons. The third kappa shape index (κ3) is 3.54. The number of halogens is 1. The van der Waals surface area contributed by atoms with Crippen molar-refractivity contribution in [3.63, 3.8) is 0 Å². The van der Waals surface area contributed by atoms with E-state index < -0.39 is 34.0 Å². The summed E-state index contributed by atoms with van der Waals surface area (Å²) in [6, 6.07) is 4.70. The Morgan fingerprint density at radius 2 is 2.04 bits per heavy atom. The molecular formula is C17H19FN2O6S. The first-order valence-corrected chi connectivity index (χ1v) is 9.63. The zero-order chi connectivity index (χ0) is 19.8. The molecule has 8 nitrogen and oxygen atoms in total. The van der Waals surface area contributed by atoms with Gasteiger partial charge in [0.25, 0.3) is 0 Å². The molecule has 10 heteroatoms. The van der Waals surface area contributed by atoms with E-state index in [0.29, 0.717) is 0 Å². The largest absolute Gasteiger partial charge is 0.486 e. The van der Waals surface area contributed by atoms with Gasteiger partial charge in [-0.25, -0.2) is 12.8 Å². The Morgan fingerprint density at radius 3 is 2.63 bits per heavy atom. The Bertz CT molecular complexity index is 939. The van der Waals surface area contributed by atoms with E-state index in [4.69, 9.17) is 14.0 Å². The molecule has 1 aromatic heterocycles. The molecule has 146 valence electrons. The Hall–Kier alpha value is -2.46. The average molecular weight is 398 g/mol. The second-order valence-electron chi connectivity index (χ2n) is 6.17. The van der Waals surface area contributed by atoms with Gasteiger partial charge in [-0.3, -0.25) is 4.79 Å². The number of aryl methyl sites for hydroxylation is 2. The summed E-state index contributed by atoms with van der Waals surface area (Å²) in [4.78, 5) is 12.1. The maximum Gasteiger partial charge on any atom is 0.324 e. The summed E-state index contributed by atoms with van der Waals surface area (Å²) in [5.74, 6) is -1.18. The summed E-state index contributed by atoms with van der Waals surface area (Å²) in [6.45, 7) is 2.84. The topological polar surface area (TPSA) is 98.9 Å². The van der Waals surface area contributed by atoms with E-state index in [1.54, 1.807) is 6.07 Å². The molecule has 0 bridgehead atoms. The van der Waals surface area contributed by atoms with Crippen LogP contribution in [-0.4, -0.2) is 49.6 Å². The van der Waals surface area contributed by atoms with E-state index >= 15 is 0 Å². The number of sulfonamides is 1. The maximum absolute atomic E-state index is 13.9. The van der Waals surface area contributed by atoms with E-state index in [1.807, 2.05) is 0 Å². The lowest BCUT2D eigenvalue weighted by Crippen LogP contribution is -2.41. The zero-order valence-electron chi connectivity index (χ0n) is 15.0. The smallest absolute Gasteiger partial charge is 0.324 e. The lowest BCUT2D eigenvalue weighted by molar-refractivity contribution is -0.144. The van der Waals surface area contributed by atoms with Gasteiger partial charge < -0.3 is 14.0 Å². The first-order valence-electron chi connectivity index (χ1n) is 8.19. The first kappa shape index (κ1) is 19.3. The van der Waals surface area contributed by atoms with Gasteiger partial charge in [0.2, 0.25) is 10.0 Å². The summed E-state index contributed by atoms with van der Waals surface area (Å²) in [7, 11) is -2.92. The fourth-order valence-corrected chi connectivity index (χ4v) is 5.07. The number of nitrogens with zero attached hydrogens (tertiary/aromatic N) is 2. The molecule has 2 aromatic rings. The molecule has 2 heterocycles. The van der Waals surface area contributed by atoms with Crippen LogP contribution in [0.4, 0.5) is 4.39 Å². The van der Waals surface area contributed by atoms with E-state index in [-0.39, 0.29) is 35.1 Å². The minimum absolute atomic E-state index is 0.0114. The molecule has 2 atom stereocenters. The molecule has 1 saturated heterocycles. The van der Waals surface area contributed by atoms with Crippen LogP contribution in [0.5, 0.6) is 5.75 Å². The minimum Gasteiger partial charge on any atom is -0.486 e. The molecule has 1 aliphatic heterocycles. The maximum atomic E-state index is 13.9. The number of hydrogen-bond acceptors (Lipinski definition) is 7. The Balaban J connectivity index is 1.93. The van der Waals surface area contributed by atoms with Crippen LogP contribution in [0.25, 0.3) is 0 Å². The van der Waals surface area contributed by atoms with Gasteiger partial charge in [-0.05, 0) is 26.0 Å². The Labute approximate surface area is 155 Å². The number of benzene rings is 1. The van der Waals surface area contributed by atoms with Gasteiger partial charge >= 0.3 is 5.97 Å². The number of aromatic nitrogens is 1. The minimum atomic E-state index is -4.09. The molecule has 1 aliphatic rings. The molecule has 0 amide bonds. The van der Waals surface area contributed by atoms with Gasteiger partial charge in [0, 0.05) is 6.42 Å². The number of carbonyl (C=O) groups is 1. The van der Waals surface area contributed by atoms with Crippen LogP contribution in [0.3, 0.4) is 0 Å². The van der Waals surface area contributed by atoms with Crippen LogP contribution in [0.15, 0.2) is 33.7 Å². The SMILES string of the molecule is COC(=O)[C@H]1C[C@H](Oc2ccccc2F)CN1S(=O)(=O)c1c(C)noc1C. The van der Waals surface area contributed by atoms with Crippen LogP contribution >= 0.6 is 0 Å². The third-order valence-corrected chi connectivity index (χ3v) is 6.48. The van der Waals surface area contributed by atoms with Crippen LogP contribution in [0.1, 0.15) is 17.9 Å². The molecule has 0 spiro atoms. The van der Waals surface area contributed by atoms with Crippen molar-refractivity contribution in [1.82, 2.24) is 9.46 Å². The number of para-hydroxylation sites is 1. The molecule has 1 fully saturated rings. The van der Waals surface area contributed by atoms with Crippen LogP contribution in [-0.2, 0) is 19.6 Å². The van der Waals surface area contributed by atoms with Gasteiger partial charge in [-0.1, -0.05) is 17.3 Å². The van der Waals surface area contributed by atoms with Crippen molar-refractivity contribution in [1.29, 1.82) is 0 Å². The van der Waals surface area contributed by atoms with Gasteiger partial charge in [0.15, 0.2) is 17.3 Å². The quantitative estimate of drug-likeness (QED) is 0.708. The third-order valence-electron chi connectivity index (χ3n) is 4.36. The van der Waals surface area contributed by atoms with Crippen LogP contribution in [0.2, 0.25) is 0 Å². The highest BCUT2D eigenvalue weighted by molar-refractivity contribution is 7.89. The lowest BCUT2D eigenvalue weighted by Gasteiger charge is -2.21. The Morgan fingerprint density at radius 1 is 1.33 bits per heavy atom. The van der Waals surface area contributed by atoms with Crippen LogP contribution in [0, 0.1) is 19.7 Å². The van der Waals surface area contributed by atoms with E-state index in [1.165, 1.54) is 39.2 Å². The number of rotatable bonds is 5.